The lowest BCUT2D eigenvalue weighted by atomic mass is 10.2. The topological polar surface area (TPSA) is 112 Å². The standard InChI is InChI=1S/C22H18FN7O3/c1-14-3-8-17(30-24-9-10-25-30)20(26-14)22(31)29-11-2-12-32-19(29)13-18-27-21(33-28-18)15-4-6-16(23)7-5-15/h2-10,12,19H,11,13H2,1H3. The third-order valence-electron chi connectivity index (χ3n) is 5.01. The Morgan fingerprint density at radius 2 is 1.91 bits per heavy atom. The normalized spacial score (nSPS) is 15.5. The molecule has 0 fully saturated rings. The molecular weight excluding hydrogens is 429 g/mol. The molecule has 0 bridgehead atoms. The van der Waals surface area contributed by atoms with Gasteiger partial charge in [0.2, 0.25) is 0 Å². The molecule has 5 rings (SSSR count). The molecular formula is C22H18FN7O3. The molecule has 0 spiro atoms. The van der Waals surface area contributed by atoms with Crippen LogP contribution in [0.2, 0.25) is 0 Å². The van der Waals surface area contributed by atoms with Crippen molar-refractivity contribution in [3.63, 3.8) is 0 Å². The summed E-state index contributed by atoms with van der Waals surface area (Å²) >= 11 is 0. The van der Waals surface area contributed by atoms with E-state index in [2.05, 4.69) is 25.3 Å². The van der Waals surface area contributed by atoms with Crippen LogP contribution in [0, 0.1) is 12.7 Å². The summed E-state index contributed by atoms with van der Waals surface area (Å²) in [6, 6.07) is 9.27. The van der Waals surface area contributed by atoms with Crippen molar-refractivity contribution in [1.82, 2.24) is 35.0 Å². The van der Waals surface area contributed by atoms with Crippen LogP contribution in [0.1, 0.15) is 22.0 Å². The van der Waals surface area contributed by atoms with E-state index in [0.717, 1.165) is 0 Å². The predicted octanol–water partition coefficient (Wildman–Crippen LogP) is 2.71. The maximum absolute atomic E-state index is 13.5. The van der Waals surface area contributed by atoms with Crippen molar-refractivity contribution in [3.8, 4) is 17.1 Å². The van der Waals surface area contributed by atoms with E-state index in [-0.39, 0.29) is 29.7 Å². The summed E-state index contributed by atoms with van der Waals surface area (Å²) in [7, 11) is 0. The van der Waals surface area contributed by atoms with Gasteiger partial charge in [-0.25, -0.2) is 9.37 Å². The van der Waals surface area contributed by atoms with E-state index in [1.54, 1.807) is 37.3 Å². The van der Waals surface area contributed by atoms with E-state index in [4.69, 9.17) is 9.26 Å². The van der Waals surface area contributed by atoms with E-state index < -0.39 is 6.23 Å². The number of carbonyl (C=O) groups is 1. The van der Waals surface area contributed by atoms with Gasteiger partial charge in [0.1, 0.15) is 11.5 Å². The molecule has 11 heteroatoms. The third kappa shape index (κ3) is 4.20. The highest BCUT2D eigenvalue weighted by molar-refractivity contribution is 5.96. The Labute approximate surface area is 187 Å². The lowest BCUT2D eigenvalue weighted by molar-refractivity contribution is -0.00772. The Kier molecular flexibility index (Phi) is 5.35. The number of pyridine rings is 1. The molecule has 0 radical (unpaired) electrons. The number of ether oxygens (including phenoxy) is 1. The first-order valence-electron chi connectivity index (χ1n) is 10.1. The van der Waals surface area contributed by atoms with Gasteiger partial charge in [-0.05, 0) is 49.4 Å². The number of hydrogen-bond donors (Lipinski definition) is 0. The first-order chi connectivity index (χ1) is 16.1. The zero-order chi connectivity index (χ0) is 22.8. The van der Waals surface area contributed by atoms with E-state index in [1.807, 2.05) is 0 Å². The molecule has 10 nitrogen and oxygen atoms in total. The first-order valence-corrected chi connectivity index (χ1v) is 10.1. The molecule has 0 aliphatic carbocycles. The van der Waals surface area contributed by atoms with Gasteiger partial charge in [-0.2, -0.15) is 15.2 Å². The molecule has 0 saturated carbocycles. The number of carbonyl (C=O) groups excluding carboxylic acids is 1. The highest BCUT2D eigenvalue weighted by Crippen LogP contribution is 2.22. The van der Waals surface area contributed by atoms with Crippen LogP contribution in [0.5, 0.6) is 0 Å². The summed E-state index contributed by atoms with van der Waals surface area (Å²) in [6.45, 7) is 2.12. The summed E-state index contributed by atoms with van der Waals surface area (Å²) < 4.78 is 24.2. The quantitative estimate of drug-likeness (QED) is 0.459. The fourth-order valence-corrected chi connectivity index (χ4v) is 3.41. The Morgan fingerprint density at radius 3 is 2.70 bits per heavy atom. The largest absolute Gasteiger partial charge is 0.478 e. The average molecular weight is 447 g/mol. The summed E-state index contributed by atoms with van der Waals surface area (Å²) in [4.78, 5) is 25.2. The minimum absolute atomic E-state index is 0.182. The SMILES string of the molecule is Cc1ccc(-n2nccn2)c(C(=O)N2CC=COC2Cc2noc(-c3ccc(F)cc3)n2)n1. The maximum Gasteiger partial charge on any atom is 0.277 e. The van der Waals surface area contributed by atoms with Crippen LogP contribution in [0.4, 0.5) is 4.39 Å². The minimum atomic E-state index is -0.679. The lowest BCUT2D eigenvalue weighted by Gasteiger charge is -2.32. The first kappa shape index (κ1) is 20.5. The van der Waals surface area contributed by atoms with Crippen molar-refractivity contribution in [2.24, 2.45) is 0 Å². The molecule has 166 valence electrons. The molecule has 1 aliphatic rings. The molecule has 4 aromatic rings. The van der Waals surface area contributed by atoms with Gasteiger partial charge in [0, 0.05) is 17.8 Å². The van der Waals surface area contributed by atoms with Crippen LogP contribution in [-0.4, -0.2) is 53.7 Å². The van der Waals surface area contributed by atoms with Crippen molar-refractivity contribution >= 4 is 5.91 Å². The van der Waals surface area contributed by atoms with Crippen molar-refractivity contribution in [2.45, 2.75) is 19.6 Å². The van der Waals surface area contributed by atoms with E-state index in [9.17, 15) is 9.18 Å². The molecule has 3 aromatic heterocycles. The molecule has 1 aliphatic heterocycles. The molecule has 33 heavy (non-hydrogen) atoms. The summed E-state index contributed by atoms with van der Waals surface area (Å²) in [5, 5.41) is 12.2. The van der Waals surface area contributed by atoms with Gasteiger partial charge in [0.15, 0.2) is 17.7 Å². The highest BCUT2D eigenvalue weighted by Gasteiger charge is 2.31. The fourth-order valence-electron chi connectivity index (χ4n) is 3.41. The minimum Gasteiger partial charge on any atom is -0.478 e. The van der Waals surface area contributed by atoms with Gasteiger partial charge in [0.05, 0.1) is 25.1 Å². The van der Waals surface area contributed by atoms with Crippen LogP contribution in [0.15, 0.2) is 65.7 Å². The van der Waals surface area contributed by atoms with Gasteiger partial charge in [0.25, 0.3) is 11.8 Å². The number of aromatic nitrogens is 6. The molecule has 0 saturated heterocycles. The average Bonchev–Trinajstić information content (AvgIpc) is 3.52. The Bertz CT molecular complexity index is 1300. The number of rotatable bonds is 5. The van der Waals surface area contributed by atoms with E-state index in [0.29, 0.717) is 29.3 Å². The van der Waals surface area contributed by atoms with Gasteiger partial charge in [-0.3, -0.25) is 9.69 Å². The van der Waals surface area contributed by atoms with Crippen LogP contribution in [-0.2, 0) is 11.2 Å². The lowest BCUT2D eigenvalue weighted by Crippen LogP contribution is -2.45. The van der Waals surface area contributed by atoms with Crippen molar-refractivity contribution in [1.29, 1.82) is 0 Å². The van der Waals surface area contributed by atoms with E-state index in [1.165, 1.54) is 40.5 Å². The second-order valence-electron chi connectivity index (χ2n) is 7.29. The molecule has 1 unspecified atom stereocenters. The van der Waals surface area contributed by atoms with Gasteiger partial charge >= 0.3 is 0 Å². The molecule has 4 heterocycles. The maximum atomic E-state index is 13.5. The van der Waals surface area contributed by atoms with Crippen LogP contribution >= 0.6 is 0 Å². The van der Waals surface area contributed by atoms with Gasteiger partial charge < -0.3 is 9.26 Å². The zero-order valence-corrected chi connectivity index (χ0v) is 17.5. The van der Waals surface area contributed by atoms with Crippen LogP contribution in [0.25, 0.3) is 17.1 Å². The fraction of sp³-hybridized carbons (Fsp3) is 0.182. The smallest absolute Gasteiger partial charge is 0.277 e. The zero-order valence-electron chi connectivity index (χ0n) is 17.5. The van der Waals surface area contributed by atoms with Gasteiger partial charge in [-0.15, -0.1) is 4.80 Å². The second kappa shape index (κ2) is 8.61. The summed E-state index contributed by atoms with van der Waals surface area (Å²) in [5.41, 5.74) is 1.94. The van der Waals surface area contributed by atoms with Crippen molar-refractivity contribution < 1.29 is 18.4 Å². The van der Waals surface area contributed by atoms with Gasteiger partial charge in [-0.1, -0.05) is 5.16 Å². The van der Waals surface area contributed by atoms with Crippen molar-refractivity contribution in [2.75, 3.05) is 6.54 Å². The Morgan fingerprint density at radius 1 is 1.12 bits per heavy atom. The molecule has 1 aromatic carbocycles. The number of nitrogens with zero attached hydrogens (tertiary/aromatic N) is 7. The number of hydrogen-bond acceptors (Lipinski definition) is 8. The number of benzene rings is 1. The second-order valence-corrected chi connectivity index (χ2v) is 7.29. The van der Waals surface area contributed by atoms with Crippen LogP contribution in [0.3, 0.4) is 0 Å². The Balaban J connectivity index is 1.40. The number of amides is 1. The highest BCUT2D eigenvalue weighted by atomic mass is 19.1. The number of halogens is 1. The Hall–Kier alpha value is -4.41. The van der Waals surface area contributed by atoms with Crippen LogP contribution < -0.4 is 0 Å². The third-order valence-corrected chi connectivity index (χ3v) is 5.01. The molecule has 1 atom stereocenters. The summed E-state index contributed by atoms with van der Waals surface area (Å²) in [5.74, 6) is -0.104. The monoisotopic (exact) mass is 447 g/mol. The van der Waals surface area contributed by atoms with E-state index >= 15 is 0 Å². The molecule has 0 N–H and O–H groups in total. The predicted molar refractivity (Wildman–Crippen MR) is 112 cm³/mol. The number of aryl methyl sites for hydroxylation is 1. The van der Waals surface area contributed by atoms with Crippen molar-refractivity contribution in [3.05, 3.63) is 84.2 Å². The molecule has 1 amide bonds. The summed E-state index contributed by atoms with van der Waals surface area (Å²) in [6.07, 6.45) is 5.83.